The Balaban J connectivity index is 1.88. The van der Waals surface area contributed by atoms with Crippen molar-refractivity contribution in [1.82, 2.24) is 19.5 Å². The number of carbonyl (C=O) groups excluding carboxylic acids is 1. The Kier molecular flexibility index (Phi) is 6.25. The van der Waals surface area contributed by atoms with Crippen LogP contribution in [0.1, 0.15) is 29.9 Å². The number of nitrogens with one attached hydrogen (secondary N) is 1. The fourth-order valence-corrected chi connectivity index (χ4v) is 2.61. The topological polar surface area (TPSA) is 119 Å². The molecule has 1 amide bonds. The number of alkyl halides is 3. The highest BCUT2D eigenvalue weighted by Gasteiger charge is 2.29. The minimum Gasteiger partial charge on any atom is -0.479 e. The van der Waals surface area contributed by atoms with Gasteiger partial charge in [0.25, 0.3) is 11.5 Å². The number of carbonyl (C=O) groups is 1. The van der Waals surface area contributed by atoms with Gasteiger partial charge in [0.05, 0.1) is 23.8 Å². The third kappa shape index (κ3) is 5.46. The average molecular weight is 449 g/mol. The highest BCUT2D eigenvalue weighted by molar-refractivity contribution is 6.03. The second kappa shape index (κ2) is 8.75. The normalized spacial score (nSPS) is 11.8. The summed E-state index contributed by atoms with van der Waals surface area (Å²) < 4.78 is 43.1. The lowest BCUT2D eigenvalue weighted by atomic mass is 10.1. The Morgan fingerprint density at radius 2 is 1.94 bits per heavy atom. The van der Waals surface area contributed by atoms with E-state index in [9.17, 15) is 27.9 Å². The number of hydrogen-bond acceptors (Lipinski definition) is 7. The summed E-state index contributed by atoms with van der Waals surface area (Å²) in [5.74, 6) is -1.40. The van der Waals surface area contributed by atoms with Gasteiger partial charge in [0.15, 0.2) is 18.2 Å². The molecule has 12 heteroatoms. The van der Waals surface area contributed by atoms with Gasteiger partial charge < -0.3 is 15.2 Å². The molecule has 3 heterocycles. The summed E-state index contributed by atoms with van der Waals surface area (Å²) >= 11 is 0. The number of anilines is 1. The van der Waals surface area contributed by atoms with E-state index >= 15 is 0 Å². The summed E-state index contributed by atoms with van der Waals surface area (Å²) in [7, 11) is 0. The first-order valence-corrected chi connectivity index (χ1v) is 9.17. The molecule has 2 N–H and O–H groups in total. The van der Waals surface area contributed by atoms with Crippen LogP contribution in [-0.2, 0) is 5.60 Å². The van der Waals surface area contributed by atoms with Crippen molar-refractivity contribution in [3.05, 3.63) is 70.8 Å². The van der Waals surface area contributed by atoms with Gasteiger partial charge in [-0.25, -0.2) is 9.97 Å². The van der Waals surface area contributed by atoms with Crippen molar-refractivity contribution >= 4 is 11.6 Å². The molecule has 3 rings (SSSR count). The Morgan fingerprint density at radius 3 is 2.56 bits per heavy atom. The van der Waals surface area contributed by atoms with Crippen LogP contribution in [0.4, 0.5) is 18.9 Å². The molecular weight excluding hydrogens is 431 g/mol. The first-order chi connectivity index (χ1) is 15.0. The number of aromatic nitrogens is 4. The molecule has 0 aliphatic heterocycles. The van der Waals surface area contributed by atoms with Gasteiger partial charge in [0, 0.05) is 6.20 Å². The van der Waals surface area contributed by atoms with E-state index in [1.54, 1.807) is 13.8 Å². The number of halogens is 3. The quantitative estimate of drug-likeness (QED) is 0.593. The zero-order chi connectivity index (χ0) is 23.5. The maximum absolute atomic E-state index is 12.9. The fourth-order valence-electron chi connectivity index (χ4n) is 2.61. The smallest absolute Gasteiger partial charge is 0.422 e. The van der Waals surface area contributed by atoms with Gasteiger partial charge in [-0.1, -0.05) is 0 Å². The maximum Gasteiger partial charge on any atom is 0.422 e. The lowest BCUT2D eigenvalue weighted by Gasteiger charge is -2.16. The number of ether oxygens (including phenoxy) is 1. The second-order valence-corrected chi connectivity index (χ2v) is 7.16. The van der Waals surface area contributed by atoms with Crippen LogP contribution in [0.3, 0.4) is 0 Å². The molecule has 3 aromatic rings. The highest BCUT2D eigenvalue weighted by Crippen LogP contribution is 2.22. The van der Waals surface area contributed by atoms with Crippen LogP contribution in [0.15, 0.2) is 54.0 Å². The highest BCUT2D eigenvalue weighted by atomic mass is 19.4. The van der Waals surface area contributed by atoms with Gasteiger partial charge in [-0.2, -0.15) is 13.2 Å². The van der Waals surface area contributed by atoms with Gasteiger partial charge in [-0.05, 0) is 38.1 Å². The van der Waals surface area contributed by atoms with Crippen molar-refractivity contribution in [2.45, 2.75) is 25.6 Å². The molecule has 0 spiro atoms. The Bertz CT molecular complexity index is 1170. The lowest BCUT2D eigenvalue weighted by molar-refractivity contribution is -0.153. The molecule has 0 fully saturated rings. The van der Waals surface area contributed by atoms with E-state index < -0.39 is 29.9 Å². The van der Waals surface area contributed by atoms with E-state index in [4.69, 9.17) is 4.74 Å². The summed E-state index contributed by atoms with van der Waals surface area (Å²) in [4.78, 5) is 37.0. The lowest BCUT2D eigenvalue weighted by Crippen LogP contribution is -2.29. The Labute approximate surface area is 179 Å². The predicted molar refractivity (Wildman–Crippen MR) is 107 cm³/mol. The molecule has 0 saturated heterocycles. The number of aliphatic hydroxyl groups is 1. The first kappa shape index (κ1) is 22.9. The molecule has 0 saturated carbocycles. The minimum atomic E-state index is -4.60. The van der Waals surface area contributed by atoms with E-state index in [2.05, 4.69) is 20.3 Å². The zero-order valence-electron chi connectivity index (χ0n) is 16.9. The number of amides is 1. The van der Waals surface area contributed by atoms with Gasteiger partial charge in [0.2, 0.25) is 0 Å². The molecule has 9 nitrogen and oxygen atoms in total. The molecular formula is C20H18F3N5O4. The summed E-state index contributed by atoms with van der Waals surface area (Å²) in [6.07, 6.45) is -0.0235. The van der Waals surface area contributed by atoms with E-state index in [0.717, 1.165) is 17.1 Å². The molecule has 0 aliphatic carbocycles. The number of pyridine rings is 2. The molecule has 32 heavy (non-hydrogen) atoms. The van der Waals surface area contributed by atoms with Gasteiger partial charge >= 0.3 is 6.18 Å². The Morgan fingerprint density at radius 1 is 1.19 bits per heavy atom. The minimum absolute atomic E-state index is 0.250. The van der Waals surface area contributed by atoms with Crippen molar-refractivity contribution in [2.24, 2.45) is 0 Å². The molecule has 0 radical (unpaired) electrons. The van der Waals surface area contributed by atoms with Crippen molar-refractivity contribution in [1.29, 1.82) is 0 Å². The van der Waals surface area contributed by atoms with Crippen LogP contribution in [-0.4, -0.2) is 43.3 Å². The van der Waals surface area contributed by atoms with Crippen LogP contribution in [0.25, 0.3) is 5.82 Å². The SMILES string of the molecule is CC(C)(O)c1ccc(NC(=O)c2cccn(-c3ncncc3OCC(F)(F)F)c2=O)cn1. The predicted octanol–water partition coefficient (Wildman–Crippen LogP) is 2.44. The molecule has 0 aliphatic rings. The fraction of sp³-hybridized carbons (Fsp3) is 0.250. The van der Waals surface area contributed by atoms with Crippen molar-refractivity contribution < 1.29 is 27.8 Å². The van der Waals surface area contributed by atoms with Crippen LogP contribution in [0, 0.1) is 0 Å². The molecule has 0 unspecified atom stereocenters. The number of nitrogens with zero attached hydrogens (tertiary/aromatic N) is 4. The molecule has 168 valence electrons. The molecule has 0 bridgehead atoms. The van der Waals surface area contributed by atoms with Gasteiger partial charge in [-0.3, -0.25) is 19.1 Å². The molecule has 0 atom stereocenters. The van der Waals surface area contributed by atoms with Crippen molar-refractivity contribution in [2.75, 3.05) is 11.9 Å². The molecule has 3 aromatic heterocycles. The number of rotatable bonds is 6. The standard InChI is InChI=1S/C20H18F3N5O4/c1-19(2,31)15-6-5-12(8-25-15)27-17(29)13-4-3-7-28(18(13)30)16-14(9-24-11-26-16)32-10-20(21,22)23/h3-9,11,31H,10H2,1-2H3,(H,27,29). The zero-order valence-corrected chi connectivity index (χ0v) is 16.9. The average Bonchev–Trinajstić information content (AvgIpc) is 2.72. The van der Waals surface area contributed by atoms with Crippen molar-refractivity contribution in [3.8, 4) is 11.6 Å². The second-order valence-electron chi connectivity index (χ2n) is 7.16. The van der Waals surface area contributed by atoms with E-state index in [1.807, 2.05) is 0 Å². The summed E-state index contributed by atoms with van der Waals surface area (Å²) in [5, 5.41) is 12.5. The number of hydrogen-bond donors (Lipinski definition) is 2. The Hall–Kier alpha value is -3.80. The summed E-state index contributed by atoms with van der Waals surface area (Å²) in [6, 6.07) is 5.64. The van der Waals surface area contributed by atoms with Gasteiger partial charge in [-0.15, -0.1) is 0 Å². The third-order valence-corrected chi connectivity index (χ3v) is 4.12. The van der Waals surface area contributed by atoms with Gasteiger partial charge in [0.1, 0.15) is 17.5 Å². The first-order valence-electron chi connectivity index (χ1n) is 9.17. The molecule has 0 aromatic carbocycles. The van der Waals surface area contributed by atoms with Crippen LogP contribution in [0.5, 0.6) is 5.75 Å². The van der Waals surface area contributed by atoms with Crippen LogP contribution < -0.4 is 15.6 Å². The maximum atomic E-state index is 12.9. The van der Waals surface area contributed by atoms with E-state index in [1.165, 1.54) is 36.7 Å². The van der Waals surface area contributed by atoms with E-state index in [-0.39, 0.29) is 22.8 Å². The monoisotopic (exact) mass is 449 g/mol. The van der Waals surface area contributed by atoms with Crippen LogP contribution >= 0.6 is 0 Å². The van der Waals surface area contributed by atoms with E-state index in [0.29, 0.717) is 5.69 Å². The third-order valence-electron chi connectivity index (χ3n) is 4.12. The van der Waals surface area contributed by atoms with Crippen molar-refractivity contribution in [3.63, 3.8) is 0 Å². The largest absolute Gasteiger partial charge is 0.479 e. The summed E-state index contributed by atoms with van der Waals surface area (Å²) in [5.41, 5.74) is -1.64. The summed E-state index contributed by atoms with van der Waals surface area (Å²) in [6.45, 7) is 1.51. The van der Waals surface area contributed by atoms with Crippen LogP contribution in [0.2, 0.25) is 0 Å².